The molecule has 180 valence electrons. The van der Waals surface area contributed by atoms with Gasteiger partial charge in [-0.3, -0.25) is 9.48 Å². The van der Waals surface area contributed by atoms with Gasteiger partial charge in [0.15, 0.2) is 0 Å². The van der Waals surface area contributed by atoms with Crippen molar-refractivity contribution in [3.05, 3.63) is 76.6 Å². The van der Waals surface area contributed by atoms with E-state index in [1.54, 1.807) is 37.3 Å². The van der Waals surface area contributed by atoms with Gasteiger partial charge in [-0.15, -0.1) is 0 Å². The van der Waals surface area contributed by atoms with Crippen LogP contribution in [0.25, 0.3) is 0 Å². The van der Waals surface area contributed by atoms with Gasteiger partial charge in [0.1, 0.15) is 0 Å². The lowest BCUT2D eigenvalue weighted by Crippen LogP contribution is -2.47. The van der Waals surface area contributed by atoms with E-state index in [0.29, 0.717) is 49.5 Å². The minimum atomic E-state index is -3.63. The number of piperazine rings is 1. The molecule has 4 rings (SSSR count). The summed E-state index contributed by atoms with van der Waals surface area (Å²) < 4.78 is 29.9. The molecule has 2 heterocycles. The normalized spacial score (nSPS) is 15.4. The minimum Gasteiger partial charge on any atom is -0.322 e. The van der Waals surface area contributed by atoms with Crippen LogP contribution in [0.2, 0.25) is 0 Å². The van der Waals surface area contributed by atoms with E-state index in [9.17, 15) is 13.2 Å². The average molecular weight is 482 g/mol. The molecule has 3 aromatic rings. The zero-order chi connectivity index (χ0) is 24.5. The van der Waals surface area contributed by atoms with Crippen LogP contribution >= 0.6 is 0 Å². The van der Waals surface area contributed by atoms with Crippen LogP contribution in [0.1, 0.15) is 32.9 Å². The number of nitrogens with zero attached hydrogens (tertiary/aromatic N) is 4. The molecule has 1 amide bonds. The Kier molecular flexibility index (Phi) is 6.88. The fourth-order valence-electron chi connectivity index (χ4n) is 4.10. The molecular formula is C25H31N5O3S. The van der Waals surface area contributed by atoms with E-state index in [1.165, 1.54) is 4.31 Å². The molecule has 0 unspecified atom stereocenters. The smallest absolute Gasteiger partial charge is 0.255 e. The summed E-state index contributed by atoms with van der Waals surface area (Å²) in [5.41, 5.74) is 4.71. The highest BCUT2D eigenvalue weighted by atomic mass is 32.2. The van der Waals surface area contributed by atoms with Crippen LogP contribution in [0.3, 0.4) is 0 Å². The highest BCUT2D eigenvalue weighted by Gasteiger charge is 2.29. The number of hydrogen-bond donors (Lipinski definition) is 1. The van der Waals surface area contributed by atoms with Gasteiger partial charge in [0.25, 0.3) is 5.91 Å². The number of sulfonamides is 1. The van der Waals surface area contributed by atoms with Crippen molar-refractivity contribution in [2.24, 2.45) is 0 Å². The largest absolute Gasteiger partial charge is 0.322 e. The number of hydrogen-bond acceptors (Lipinski definition) is 5. The van der Waals surface area contributed by atoms with Crippen LogP contribution in [-0.2, 0) is 16.6 Å². The third-order valence-electron chi connectivity index (χ3n) is 6.18. The number of aromatic nitrogens is 2. The highest BCUT2D eigenvalue weighted by molar-refractivity contribution is 7.89. The first kappa shape index (κ1) is 24.1. The molecule has 9 heteroatoms. The van der Waals surface area contributed by atoms with Gasteiger partial charge in [-0.1, -0.05) is 18.2 Å². The van der Waals surface area contributed by atoms with Crippen molar-refractivity contribution >= 4 is 21.6 Å². The topological polar surface area (TPSA) is 87.5 Å². The fourth-order valence-corrected chi connectivity index (χ4v) is 5.77. The SMILES string of the molecule is Cc1cc(C)n(Cc2ccc(C(=O)Nc3ccc(C)c(S(=O)(=O)N4CCN(C)CC4)c3)cc2)n1. The average Bonchev–Trinajstić information content (AvgIpc) is 3.12. The maximum absolute atomic E-state index is 13.2. The molecule has 1 fully saturated rings. The van der Waals surface area contributed by atoms with Crippen molar-refractivity contribution in [2.75, 3.05) is 38.5 Å². The fraction of sp³-hybridized carbons (Fsp3) is 0.360. The Morgan fingerprint density at radius 2 is 1.65 bits per heavy atom. The van der Waals surface area contributed by atoms with Crippen molar-refractivity contribution in [2.45, 2.75) is 32.2 Å². The third kappa shape index (κ3) is 5.22. The molecule has 0 aliphatic carbocycles. The van der Waals surface area contributed by atoms with E-state index in [4.69, 9.17) is 0 Å². The summed E-state index contributed by atoms with van der Waals surface area (Å²) in [6.07, 6.45) is 0. The summed E-state index contributed by atoms with van der Waals surface area (Å²) in [5, 5.41) is 7.32. The van der Waals surface area contributed by atoms with Gasteiger partial charge in [0.05, 0.1) is 17.1 Å². The second-order valence-corrected chi connectivity index (χ2v) is 10.8. The molecule has 0 radical (unpaired) electrons. The Hall–Kier alpha value is -3.01. The molecule has 34 heavy (non-hydrogen) atoms. The van der Waals surface area contributed by atoms with Crippen molar-refractivity contribution in [1.82, 2.24) is 19.0 Å². The molecule has 1 saturated heterocycles. The minimum absolute atomic E-state index is 0.232. The Labute approximate surface area is 201 Å². The number of anilines is 1. The molecule has 0 saturated carbocycles. The van der Waals surface area contributed by atoms with Crippen molar-refractivity contribution in [1.29, 1.82) is 0 Å². The monoisotopic (exact) mass is 481 g/mol. The van der Waals surface area contributed by atoms with Crippen LogP contribution < -0.4 is 5.32 Å². The van der Waals surface area contributed by atoms with Crippen molar-refractivity contribution in [3.8, 4) is 0 Å². The Balaban J connectivity index is 1.47. The lowest BCUT2D eigenvalue weighted by Gasteiger charge is -2.32. The van der Waals surface area contributed by atoms with Crippen LogP contribution in [-0.4, -0.2) is 66.5 Å². The highest BCUT2D eigenvalue weighted by Crippen LogP contribution is 2.25. The Morgan fingerprint density at radius 1 is 0.971 bits per heavy atom. The van der Waals surface area contributed by atoms with E-state index in [0.717, 1.165) is 17.0 Å². The molecule has 0 bridgehead atoms. The summed E-state index contributed by atoms with van der Waals surface area (Å²) in [5.74, 6) is -0.288. The molecule has 8 nitrogen and oxygen atoms in total. The third-order valence-corrected chi connectivity index (χ3v) is 8.22. The zero-order valence-corrected chi connectivity index (χ0v) is 20.9. The number of aryl methyl sites for hydroxylation is 3. The van der Waals surface area contributed by atoms with E-state index in [1.807, 2.05) is 43.8 Å². The van der Waals surface area contributed by atoms with Crippen molar-refractivity contribution < 1.29 is 13.2 Å². The lowest BCUT2D eigenvalue weighted by molar-refractivity contribution is 0.102. The van der Waals surface area contributed by atoms with Gasteiger partial charge in [-0.05, 0) is 69.3 Å². The summed E-state index contributed by atoms with van der Waals surface area (Å²) in [7, 11) is -1.65. The Bertz CT molecular complexity index is 1290. The van der Waals surface area contributed by atoms with E-state index in [2.05, 4.69) is 15.3 Å². The van der Waals surface area contributed by atoms with Gasteiger partial charge < -0.3 is 10.2 Å². The van der Waals surface area contributed by atoms with Gasteiger partial charge in [0, 0.05) is 43.1 Å². The number of carbonyl (C=O) groups excluding carboxylic acids is 1. The second kappa shape index (κ2) is 9.69. The number of amides is 1. The van der Waals surface area contributed by atoms with E-state index >= 15 is 0 Å². The molecule has 1 aliphatic rings. The van der Waals surface area contributed by atoms with Gasteiger partial charge in [-0.2, -0.15) is 9.40 Å². The summed E-state index contributed by atoms with van der Waals surface area (Å²) in [6, 6.07) is 14.4. The first-order valence-electron chi connectivity index (χ1n) is 11.3. The molecule has 2 aromatic carbocycles. The Morgan fingerprint density at radius 3 is 2.26 bits per heavy atom. The number of benzene rings is 2. The van der Waals surface area contributed by atoms with Crippen LogP contribution in [0.5, 0.6) is 0 Å². The molecule has 1 aliphatic heterocycles. The molecule has 1 N–H and O–H groups in total. The predicted octanol–water partition coefficient (Wildman–Crippen LogP) is 3.05. The summed E-state index contributed by atoms with van der Waals surface area (Å²) >= 11 is 0. The van der Waals surface area contributed by atoms with Gasteiger partial charge >= 0.3 is 0 Å². The first-order valence-corrected chi connectivity index (χ1v) is 12.8. The lowest BCUT2D eigenvalue weighted by atomic mass is 10.1. The molecule has 0 atom stereocenters. The van der Waals surface area contributed by atoms with Crippen LogP contribution in [0.15, 0.2) is 53.4 Å². The standard InChI is InChI=1S/C25H31N5O3S/c1-18-5-10-23(16-24(18)34(32,33)29-13-11-28(4)12-14-29)26-25(31)22-8-6-21(7-9-22)17-30-20(3)15-19(2)27-30/h5-10,15-16H,11-14,17H2,1-4H3,(H,26,31). The van der Waals surface area contributed by atoms with E-state index < -0.39 is 10.0 Å². The first-order chi connectivity index (χ1) is 16.1. The van der Waals surface area contributed by atoms with Gasteiger partial charge in [-0.25, -0.2) is 8.42 Å². The maximum Gasteiger partial charge on any atom is 0.255 e. The quantitative estimate of drug-likeness (QED) is 0.585. The number of nitrogens with one attached hydrogen (secondary N) is 1. The van der Waals surface area contributed by atoms with Gasteiger partial charge in [0.2, 0.25) is 10.0 Å². The molecule has 1 aromatic heterocycles. The summed E-state index contributed by atoms with van der Waals surface area (Å²) in [6.45, 7) is 8.70. The summed E-state index contributed by atoms with van der Waals surface area (Å²) in [4.78, 5) is 15.2. The zero-order valence-electron chi connectivity index (χ0n) is 20.1. The number of likely N-dealkylation sites (N-methyl/N-ethyl adjacent to an activating group) is 1. The van der Waals surface area contributed by atoms with Crippen LogP contribution in [0.4, 0.5) is 5.69 Å². The molecular weight excluding hydrogens is 450 g/mol. The number of carbonyl (C=O) groups is 1. The number of rotatable bonds is 6. The molecule has 0 spiro atoms. The maximum atomic E-state index is 13.2. The van der Waals surface area contributed by atoms with Crippen molar-refractivity contribution in [3.63, 3.8) is 0 Å². The predicted molar refractivity (Wildman–Crippen MR) is 133 cm³/mol. The second-order valence-electron chi connectivity index (χ2n) is 8.92. The van der Waals surface area contributed by atoms with E-state index in [-0.39, 0.29) is 10.8 Å². The van der Waals surface area contributed by atoms with Crippen LogP contribution in [0, 0.1) is 20.8 Å².